The highest BCUT2D eigenvalue weighted by atomic mass is 15.3. The van der Waals surface area contributed by atoms with E-state index < -0.39 is 0 Å². The van der Waals surface area contributed by atoms with Crippen molar-refractivity contribution in [2.75, 3.05) is 20.1 Å². The molecule has 0 amide bonds. The highest BCUT2D eigenvalue weighted by molar-refractivity contribution is 5.65. The molecule has 0 spiro atoms. The van der Waals surface area contributed by atoms with Gasteiger partial charge in [-0.25, -0.2) is 0 Å². The average molecular weight is 205 g/mol. The fraction of sp³-hybridized carbons (Fsp3) is 0.583. The Kier molecular flexibility index (Phi) is 2.91. The molecule has 2 heterocycles. The Labute approximate surface area is 91.4 Å². The lowest BCUT2D eigenvalue weighted by molar-refractivity contribution is 0.371. The van der Waals surface area contributed by atoms with Gasteiger partial charge in [0.2, 0.25) is 0 Å². The van der Waals surface area contributed by atoms with Gasteiger partial charge in [-0.2, -0.15) is 5.10 Å². The standard InChI is InChI=1S/C12H19N3/c1-4-15-12(8-10(2)13-15)11-6-5-7-14(3)9-11/h6,8H,4-5,7,9H2,1-3H3. The molecule has 0 fully saturated rings. The lowest BCUT2D eigenvalue weighted by atomic mass is 10.1. The first kappa shape index (κ1) is 10.4. The average Bonchev–Trinajstić information content (AvgIpc) is 2.59. The van der Waals surface area contributed by atoms with Crippen molar-refractivity contribution in [2.24, 2.45) is 0 Å². The monoisotopic (exact) mass is 205 g/mol. The molecule has 0 bridgehead atoms. The van der Waals surface area contributed by atoms with Crippen molar-refractivity contribution in [1.29, 1.82) is 0 Å². The second-order valence-electron chi connectivity index (χ2n) is 4.24. The van der Waals surface area contributed by atoms with Crippen LogP contribution in [-0.2, 0) is 6.54 Å². The number of rotatable bonds is 2. The molecule has 1 aromatic heterocycles. The third kappa shape index (κ3) is 2.12. The topological polar surface area (TPSA) is 21.1 Å². The van der Waals surface area contributed by atoms with Crippen molar-refractivity contribution in [3.05, 3.63) is 23.5 Å². The van der Waals surface area contributed by atoms with Crippen LogP contribution in [0.5, 0.6) is 0 Å². The summed E-state index contributed by atoms with van der Waals surface area (Å²) in [5, 5.41) is 4.49. The Morgan fingerprint density at radius 1 is 1.47 bits per heavy atom. The van der Waals surface area contributed by atoms with Crippen LogP contribution in [0.25, 0.3) is 5.57 Å². The molecule has 0 atom stereocenters. The second kappa shape index (κ2) is 4.19. The van der Waals surface area contributed by atoms with E-state index in [0.29, 0.717) is 0 Å². The summed E-state index contributed by atoms with van der Waals surface area (Å²) < 4.78 is 2.10. The third-order valence-electron chi connectivity index (χ3n) is 2.87. The van der Waals surface area contributed by atoms with Gasteiger partial charge in [-0.15, -0.1) is 0 Å². The van der Waals surface area contributed by atoms with E-state index in [1.54, 1.807) is 0 Å². The molecule has 1 aliphatic heterocycles. The Hall–Kier alpha value is -1.09. The van der Waals surface area contributed by atoms with Gasteiger partial charge in [0.05, 0.1) is 11.4 Å². The fourth-order valence-electron chi connectivity index (χ4n) is 2.12. The van der Waals surface area contributed by atoms with Crippen LogP contribution >= 0.6 is 0 Å². The SMILES string of the molecule is CCn1nc(C)cc1C1=CCCN(C)C1. The highest BCUT2D eigenvalue weighted by Crippen LogP contribution is 2.20. The quantitative estimate of drug-likeness (QED) is 0.735. The molecule has 1 aliphatic rings. The van der Waals surface area contributed by atoms with E-state index in [2.05, 4.69) is 47.7 Å². The number of aromatic nitrogens is 2. The maximum absolute atomic E-state index is 4.49. The molecular formula is C12H19N3. The largest absolute Gasteiger partial charge is 0.302 e. The van der Waals surface area contributed by atoms with Gasteiger partial charge < -0.3 is 4.90 Å². The summed E-state index contributed by atoms with van der Waals surface area (Å²) in [6, 6.07) is 2.19. The van der Waals surface area contributed by atoms with Crippen molar-refractivity contribution in [3.8, 4) is 0 Å². The van der Waals surface area contributed by atoms with Crippen LogP contribution in [0, 0.1) is 6.92 Å². The number of hydrogen-bond acceptors (Lipinski definition) is 2. The van der Waals surface area contributed by atoms with Crippen LogP contribution in [0.3, 0.4) is 0 Å². The molecule has 0 aliphatic carbocycles. The van der Waals surface area contributed by atoms with Crippen molar-refractivity contribution in [2.45, 2.75) is 26.8 Å². The summed E-state index contributed by atoms with van der Waals surface area (Å²) in [6.45, 7) is 7.36. The minimum absolute atomic E-state index is 0.949. The molecule has 0 radical (unpaired) electrons. The molecule has 1 aromatic rings. The maximum Gasteiger partial charge on any atom is 0.0654 e. The normalized spacial score (nSPS) is 17.9. The van der Waals surface area contributed by atoms with Gasteiger partial charge in [-0.1, -0.05) is 6.08 Å². The van der Waals surface area contributed by atoms with Gasteiger partial charge in [0.15, 0.2) is 0 Å². The summed E-state index contributed by atoms with van der Waals surface area (Å²) in [4.78, 5) is 2.36. The van der Waals surface area contributed by atoms with E-state index in [9.17, 15) is 0 Å². The fourth-order valence-corrected chi connectivity index (χ4v) is 2.12. The molecule has 82 valence electrons. The first-order chi connectivity index (χ1) is 7.20. The van der Waals surface area contributed by atoms with Gasteiger partial charge in [0, 0.05) is 19.6 Å². The zero-order valence-electron chi connectivity index (χ0n) is 9.82. The zero-order chi connectivity index (χ0) is 10.8. The summed E-state index contributed by atoms with van der Waals surface area (Å²) in [5.74, 6) is 0. The van der Waals surface area contributed by atoms with Crippen molar-refractivity contribution >= 4 is 5.57 Å². The molecule has 3 nitrogen and oxygen atoms in total. The van der Waals surface area contributed by atoms with E-state index in [1.807, 2.05) is 0 Å². The van der Waals surface area contributed by atoms with Gasteiger partial charge >= 0.3 is 0 Å². The van der Waals surface area contributed by atoms with Crippen LogP contribution in [0.15, 0.2) is 12.1 Å². The predicted octanol–water partition coefficient (Wildman–Crippen LogP) is 1.93. The van der Waals surface area contributed by atoms with E-state index in [1.165, 1.54) is 17.8 Å². The van der Waals surface area contributed by atoms with Crippen LogP contribution in [0.1, 0.15) is 24.7 Å². The molecular weight excluding hydrogens is 186 g/mol. The van der Waals surface area contributed by atoms with Crippen LogP contribution < -0.4 is 0 Å². The Morgan fingerprint density at radius 3 is 2.93 bits per heavy atom. The van der Waals surface area contributed by atoms with Gasteiger partial charge in [-0.05, 0) is 39.0 Å². The summed E-state index contributed by atoms with van der Waals surface area (Å²) in [7, 11) is 2.17. The molecule has 0 unspecified atom stereocenters. The highest BCUT2D eigenvalue weighted by Gasteiger charge is 2.14. The lowest BCUT2D eigenvalue weighted by Crippen LogP contribution is -2.25. The first-order valence-corrected chi connectivity index (χ1v) is 5.63. The summed E-state index contributed by atoms with van der Waals surface area (Å²) in [5.41, 5.74) is 3.83. The smallest absolute Gasteiger partial charge is 0.0654 e. The van der Waals surface area contributed by atoms with Gasteiger partial charge in [0.25, 0.3) is 0 Å². The van der Waals surface area contributed by atoms with Crippen molar-refractivity contribution < 1.29 is 0 Å². The minimum atomic E-state index is 0.949. The Morgan fingerprint density at radius 2 is 2.27 bits per heavy atom. The molecule has 0 aromatic carbocycles. The van der Waals surface area contributed by atoms with Crippen molar-refractivity contribution in [1.82, 2.24) is 14.7 Å². The summed E-state index contributed by atoms with van der Waals surface area (Å²) in [6.07, 6.45) is 3.50. The van der Waals surface area contributed by atoms with E-state index in [-0.39, 0.29) is 0 Å². The molecule has 15 heavy (non-hydrogen) atoms. The Balaban J connectivity index is 2.31. The van der Waals surface area contributed by atoms with Gasteiger partial charge in [-0.3, -0.25) is 4.68 Å². The Bertz CT molecular complexity index is 376. The number of aryl methyl sites for hydroxylation is 2. The number of likely N-dealkylation sites (N-methyl/N-ethyl adjacent to an activating group) is 1. The minimum Gasteiger partial charge on any atom is -0.302 e. The lowest BCUT2D eigenvalue weighted by Gasteiger charge is -2.23. The molecule has 0 saturated carbocycles. The first-order valence-electron chi connectivity index (χ1n) is 5.63. The molecule has 2 rings (SSSR count). The van der Waals surface area contributed by atoms with Crippen LogP contribution in [0.2, 0.25) is 0 Å². The number of nitrogens with zero attached hydrogens (tertiary/aromatic N) is 3. The van der Waals surface area contributed by atoms with E-state index >= 15 is 0 Å². The third-order valence-corrected chi connectivity index (χ3v) is 2.87. The summed E-state index contributed by atoms with van der Waals surface area (Å²) >= 11 is 0. The molecule has 0 N–H and O–H groups in total. The predicted molar refractivity (Wildman–Crippen MR) is 62.7 cm³/mol. The molecule has 3 heteroatoms. The van der Waals surface area contributed by atoms with E-state index in [0.717, 1.165) is 25.2 Å². The zero-order valence-corrected chi connectivity index (χ0v) is 9.82. The van der Waals surface area contributed by atoms with Gasteiger partial charge in [0.1, 0.15) is 0 Å². The molecule has 0 saturated heterocycles. The maximum atomic E-state index is 4.49. The van der Waals surface area contributed by atoms with Crippen LogP contribution in [-0.4, -0.2) is 34.8 Å². The number of hydrogen-bond donors (Lipinski definition) is 0. The van der Waals surface area contributed by atoms with E-state index in [4.69, 9.17) is 0 Å². The van der Waals surface area contributed by atoms with Crippen LogP contribution in [0.4, 0.5) is 0 Å². The van der Waals surface area contributed by atoms with Crippen molar-refractivity contribution in [3.63, 3.8) is 0 Å². The second-order valence-corrected chi connectivity index (χ2v) is 4.24.